The smallest absolute Gasteiger partial charge is 0.227 e. The molecule has 0 bridgehead atoms. The first-order chi connectivity index (χ1) is 7.09. The minimum Gasteiger partial charge on any atom is -0.398 e. The van der Waals surface area contributed by atoms with Crippen molar-refractivity contribution in [1.29, 1.82) is 0 Å². The molecule has 0 spiro atoms. The molecule has 0 fully saturated rings. The van der Waals surface area contributed by atoms with E-state index < -0.39 is 0 Å². The Hall–Kier alpha value is -1.84. The number of rotatable bonds is 4. The highest BCUT2D eigenvalue weighted by Crippen LogP contribution is 2.09. The Balaban J connectivity index is 2.47. The van der Waals surface area contributed by atoms with Gasteiger partial charge in [0.25, 0.3) is 0 Å². The number of hydrogen-bond donors (Lipinski definition) is 2. The molecule has 0 aliphatic heterocycles. The molecule has 0 aromatic heterocycles. The maximum atomic E-state index is 11.2. The molecule has 1 aromatic carbocycles. The van der Waals surface area contributed by atoms with E-state index in [1.165, 1.54) is 6.92 Å². The van der Waals surface area contributed by atoms with Crippen LogP contribution in [0.1, 0.15) is 18.9 Å². The van der Waals surface area contributed by atoms with Gasteiger partial charge < -0.3 is 11.1 Å². The van der Waals surface area contributed by atoms with E-state index in [1.807, 2.05) is 18.2 Å². The maximum Gasteiger partial charge on any atom is 0.227 e. The summed E-state index contributed by atoms with van der Waals surface area (Å²) in [5.41, 5.74) is 7.19. The largest absolute Gasteiger partial charge is 0.398 e. The van der Waals surface area contributed by atoms with Crippen LogP contribution in [-0.4, -0.2) is 11.7 Å². The number of para-hydroxylation sites is 1. The summed E-state index contributed by atoms with van der Waals surface area (Å²) in [5, 5.41) is 2.63. The molecule has 4 heteroatoms. The summed E-state index contributed by atoms with van der Waals surface area (Å²) in [6.45, 7) is 1.75. The number of anilines is 1. The van der Waals surface area contributed by atoms with Crippen LogP contribution in [0.4, 0.5) is 5.69 Å². The standard InChI is InChI=1S/C11H14N2O2/c1-8(14)6-11(15)13-7-9-4-2-3-5-10(9)12/h2-5H,6-7,12H2,1H3,(H,13,15). The van der Waals surface area contributed by atoms with E-state index >= 15 is 0 Å². The molecule has 0 saturated carbocycles. The van der Waals surface area contributed by atoms with Crippen molar-refractivity contribution in [2.24, 2.45) is 0 Å². The predicted molar refractivity (Wildman–Crippen MR) is 58.0 cm³/mol. The third-order valence-corrected chi connectivity index (χ3v) is 1.94. The van der Waals surface area contributed by atoms with Crippen LogP contribution in [0.15, 0.2) is 24.3 Å². The second-order valence-electron chi connectivity index (χ2n) is 3.35. The number of ketones is 1. The van der Waals surface area contributed by atoms with Crippen molar-refractivity contribution in [1.82, 2.24) is 5.32 Å². The molecule has 4 nitrogen and oxygen atoms in total. The summed E-state index contributed by atoms with van der Waals surface area (Å²) in [6.07, 6.45) is -0.0766. The Morgan fingerprint density at radius 1 is 1.33 bits per heavy atom. The summed E-state index contributed by atoms with van der Waals surface area (Å²) < 4.78 is 0. The molecule has 1 aromatic rings. The van der Waals surface area contributed by atoms with Crippen molar-refractivity contribution >= 4 is 17.4 Å². The summed E-state index contributed by atoms with van der Waals surface area (Å²) in [7, 11) is 0. The first-order valence-electron chi connectivity index (χ1n) is 4.69. The average Bonchev–Trinajstić information content (AvgIpc) is 2.15. The second kappa shape index (κ2) is 5.14. The quantitative estimate of drug-likeness (QED) is 0.567. The van der Waals surface area contributed by atoms with Gasteiger partial charge in [-0.25, -0.2) is 0 Å². The van der Waals surface area contributed by atoms with Crippen LogP contribution in [0, 0.1) is 0 Å². The van der Waals surface area contributed by atoms with Gasteiger partial charge in [0.05, 0.1) is 6.42 Å². The molecule has 3 N–H and O–H groups in total. The van der Waals surface area contributed by atoms with Crippen molar-refractivity contribution < 1.29 is 9.59 Å². The van der Waals surface area contributed by atoms with E-state index in [2.05, 4.69) is 5.32 Å². The lowest BCUT2D eigenvalue weighted by Gasteiger charge is -2.06. The van der Waals surface area contributed by atoms with Gasteiger partial charge in [-0.3, -0.25) is 9.59 Å². The van der Waals surface area contributed by atoms with Gasteiger partial charge in [0.15, 0.2) is 0 Å². The number of nitrogens with two attached hydrogens (primary N) is 1. The highest BCUT2D eigenvalue weighted by molar-refractivity contribution is 5.96. The van der Waals surface area contributed by atoms with Crippen LogP contribution in [0.2, 0.25) is 0 Å². The van der Waals surface area contributed by atoms with Crippen LogP contribution in [0.3, 0.4) is 0 Å². The molecule has 0 atom stereocenters. The fraction of sp³-hybridized carbons (Fsp3) is 0.273. The molecule has 80 valence electrons. The first kappa shape index (κ1) is 11.2. The number of benzene rings is 1. The minimum absolute atomic E-state index is 0.0766. The highest BCUT2D eigenvalue weighted by atomic mass is 16.2. The van der Waals surface area contributed by atoms with Gasteiger partial charge in [-0.2, -0.15) is 0 Å². The summed E-state index contributed by atoms with van der Waals surface area (Å²) in [5.74, 6) is -0.417. The Kier molecular flexibility index (Phi) is 3.85. The van der Waals surface area contributed by atoms with E-state index in [4.69, 9.17) is 5.73 Å². The third-order valence-electron chi connectivity index (χ3n) is 1.94. The summed E-state index contributed by atoms with van der Waals surface area (Å²) in [4.78, 5) is 21.8. The Morgan fingerprint density at radius 3 is 2.60 bits per heavy atom. The number of carbonyl (C=O) groups excluding carboxylic acids is 2. The van der Waals surface area contributed by atoms with Gasteiger partial charge in [-0.05, 0) is 18.6 Å². The second-order valence-corrected chi connectivity index (χ2v) is 3.35. The summed E-state index contributed by atoms with van der Waals surface area (Å²) >= 11 is 0. The molecule has 0 radical (unpaired) electrons. The fourth-order valence-electron chi connectivity index (χ4n) is 1.18. The van der Waals surface area contributed by atoms with Crippen LogP contribution in [-0.2, 0) is 16.1 Å². The van der Waals surface area contributed by atoms with E-state index in [1.54, 1.807) is 6.07 Å². The number of carbonyl (C=O) groups is 2. The number of amides is 1. The Morgan fingerprint density at radius 2 is 2.00 bits per heavy atom. The SMILES string of the molecule is CC(=O)CC(=O)NCc1ccccc1N. The molecule has 0 aliphatic rings. The number of Topliss-reactive ketones (excluding diaryl/α,β-unsaturated/α-hetero) is 1. The zero-order chi connectivity index (χ0) is 11.3. The van der Waals surface area contributed by atoms with E-state index in [0.717, 1.165) is 5.56 Å². The minimum atomic E-state index is -0.272. The maximum absolute atomic E-state index is 11.2. The van der Waals surface area contributed by atoms with E-state index in [0.29, 0.717) is 12.2 Å². The van der Waals surface area contributed by atoms with Gasteiger partial charge in [-0.1, -0.05) is 18.2 Å². The van der Waals surface area contributed by atoms with Crippen molar-refractivity contribution in [2.45, 2.75) is 19.9 Å². The van der Waals surface area contributed by atoms with Gasteiger partial charge in [0.2, 0.25) is 5.91 Å². The first-order valence-corrected chi connectivity index (χ1v) is 4.69. The van der Waals surface area contributed by atoms with Crippen LogP contribution < -0.4 is 11.1 Å². The zero-order valence-corrected chi connectivity index (χ0v) is 8.62. The van der Waals surface area contributed by atoms with Crippen molar-refractivity contribution in [3.63, 3.8) is 0 Å². The normalized spacial score (nSPS) is 9.67. The molecule has 0 saturated heterocycles. The highest BCUT2D eigenvalue weighted by Gasteiger charge is 2.05. The van der Waals surface area contributed by atoms with Crippen molar-refractivity contribution in [3.05, 3.63) is 29.8 Å². The molecule has 0 unspecified atom stereocenters. The lowest BCUT2D eigenvalue weighted by atomic mass is 10.2. The molecular formula is C11H14N2O2. The van der Waals surface area contributed by atoms with Gasteiger partial charge in [0.1, 0.15) is 5.78 Å². The van der Waals surface area contributed by atoms with Gasteiger partial charge >= 0.3 is 0 Å². The Labute approximate surface area is 88.5 Å². The number of nitrogens with one attached hydrogen (secondary N) is 1. The molecular weight excluding hydrogens is 192 g/mol. The molecule has 1 amide bonds. The van der Waals surface area contributed by atoms with Gasteiger partial charge in [0, 0.05) is 12.2 Å². The van der Waals surface area contributed by atoms with E-state index in [-0.39, 0.29) is 18.1 Å². The van der Waals surface area contributed by atoms with Crippen molar-refractivity contribution in [2.75, 3.05) is 5.73 Å². The van der Waals surface area contributed by atoms with Crippen LogP contribution >= 0.6 is 0 Å². The topological polar surface area (TPSA) is 72.2 Å². The molecule has 15 heavy (non-hydrogen) atoms. The van der Waals surface area contributed by atoms with Crippen LogP contribution in [0.5, 0.6) is 0 Å². The Bertz CT molecular complexity index is 375. The van der Waals surface area contributed by atoms with Crippen molar-refractivity contribution in [3.8, 4) is 0 Å². The average molecular weight is 206 g/mol. The fourth-order valence-corrected chi connectivity index (χ4v) is 1.18. The third kappa shape index (κ3) is 3.81. The molecule has 0 aliphatic carbocycles. The summed E-state index contributed by atoms with van der Waals surface area (Å²) in [6, 6.07) is 7.29. The predicted octanol–water partition coefficient (Wildman–Crippen LogP) is 0.864. The van der Waals surface area contributed by atoms with Crippen LogP contribution in [0.25, 0.3) is 0 Å². The zero-order valence-electron chi connectivity index (χ0n) is 8.62. The lowest BCUT2D eigenvalue weighted by Crippen LogP contribution is -2.24. The molecule has 1 rings (SSSR count). The lowest BCUT2D eigenvalue weighted by molar-refractivity contribution is -0.127. The van der Waals surface area contributed by atoms with Gasteiger partial charge in [-0.15, -0.1) is 0 Å². The molecule has 0 heterocycles. The van der Waals surface area contributed by atoms with E-state index in [9.17, 15) is 9.59 Å². The number of nitrogen functional groups attached to an aromatic ring is 1. The number of hydrogen-bond acceptors (Lipinski definition) is 3. The monoisotopic (exact) mass is 206 g/mol.